The van der Waals surface area contributed by atoms with Crippen molar-refractivity contribution >= 4 is 35.0 Å². The predicted molar refractivity (Wildman–Crippen MR) is 105 cm³/mol. The van der Waals surface area contributed by atoms with Crippen molar-refractivity contribution in [1.82, 2.24) is 10.2 Å². The van der Waals surface area contributed by atoms with Gasteiger partial charge in [0.15, 0.2) is 0 Å². The predicted octanol–water partition coefficient (Wildman–Crippen LogP) is 4.01. The highest BCUT2D eigenvalue weighted by atomic mass is 35.5. The smallest absolute Gasteiger partial charge is 0.242 e. The summed E-state index contributed by atoms with van der Waals surface area (Å²) in [6.07, 6.45) is 0.204. The molecule has 4 nitrogen and oxygen atoms in total. The highest BCUT2D eigenvalue weighted by Crippen LogP contribution is 2.27. The summed E-state index contributed by atoms with van der Waals surface area (Å²) in [5.41, 5.74) is 2.59. The first kappa shape index (κ1) is 20.3. The lowest BCUT2D eigenvalue weighted by atomic mass is 10.0. The minimum absolute atomic E-state index is 0.161. The van der Waals surface area contributed by atoms with Gasteiger partial charge in [0.2, 0.25) is 11.8 Å². The van der Waals surface area contributed by atoms with Crippen LogP contribution in [0.3, 0.4) is 0 Å². The van der Waals surface area contributed by atoms with Crippen molar-refractivity contribution in [1.29, 1.82) is 0 Å². The van der Waals surface area contributed by atoms with Crippen molar-refractivity contribution in [3.8, 4) is 0 Å². The van der Waals surface area contributed by atoms with Crippen LogP contribution in [0.4, 0.5) is 0 Å². The van der Waals surface area contributed by atoms with Crippen LogP contribution >= 0.6 is 23.2 Å². The molecule has 6 heteroatoms. The molecule has 0 saturated carbocycles. The largest absolute Gasteiger partial charge is 0.357 e. The fraction of sp³-hybridized carbons (Fsp3) is 0.300. The number of nitrogens with zero attached hydrogens (tertiary/aromatic N) is 1. The van der Waals surface area contributed by atoms with Gasteiger partial charge >= 0.3 is 0 Å². The second-order valence-electron chi connectivity index (χ2n) is 6.12. The van der Waals surface area contributed by atoms with E-state index in [1.807, 2.05) is 31.2 Å². The summed E-state index contributed by atoms with van der Waals surface area (Å²) in [6, 6.07) is 12.2. The highest BCUT2D eigenvalue weighted by Gasteiger charge is 2.27. The molecule has 1 N–H and O–H groups in total. The van der Waals surface area contributed by atoms with E-state index in [4.69, 9.17) is 23.2 Å². The first-order valence-electron chi connectivity index (χ1n) is 8.33. The van der Waals surface area contributed by atoms with Crippen molar-refractivity contribution in [2.75, 3.05) is 7.05 Å². The molecule has 1 atom stereocenters. The van der Waals surface area contributed by atoms with Gasteiger partial charge in [0.1, 0.15) is 6.04 Å². The van der Waals surface area contributed by atoms with E-state index in [0.717, 1.165) is 11.1 Å². The van der Waals surface area contributed by atoms with E-state index in [2.05, 4.69) is 5.32 Å². The van der Waals surface area contributed by atoms with Crippen LogP contribution in [0.15, 0.2) is 42.5 Å². The monoisotopic (exact) mass is 392 g/mol. The number of aryl methyl sites for hydroxylation is 1. The maximum absolute atomic E-state index is 13.0. The molecule has 2 aromatic carbocycles. The van der Waals surface area contributed by atoms with E-state index in [0.29, 0.717) is 15.6 Å². The van der Waals surface area contributed by atoms with Gasteiger partial charge in [-0.2, -0.15) is 0 Å². The number of carbonyl (C=O) groups is 2. The first-order valence-corrected chi connectivity index (χ1v) is 9.09. The molecule has 2 amide bonds. The van der Waals surface area contributed by atoms with Gasteiger partial charge in [0.05, 0.1) is 6.42 Å². The fourth-order valence-corrected chi connectivity index (χ4v) is 3.24. The molecule has 0 aliphatic heterocycles. The van der Waals surface area contributed by atoms with Gasteiger partial charge in [-0.25, -0.2) is 0 Å². The zero-order valence-electron chi connectivity index (χ0n) is 15.1. The molecular weight excluding hydrogens is 371 g/mol. The van der Waals surface area contributed by atoms with Crippen LogP contribution in [-0.2, 0) is 22.6 Å². The number of halogens is 2. The van der Waals surface area contributed by atoms with E-state index >= 15 is 0 Å². The van der Waals surface area contributed by atoms with Crippen LogP contribution in [0.2, 0.25) is 10.0 Å². The average molecular weight is 393 g/mol. The number of carbonyl (C=O) groups excluding carboxylic acids is 2. The summed E-state index contributed by atoms with van der Waals surface area (Å²) < 4.78 is 0. The normalized spacial score (nSPS) is 11.7. The summed E-state index contributed by atoms with van der Waals surface area (Å²) in [5, 5.41) is 3.53. The second-order valence-corrected chi connectivity index (χ2v) is 6.93. The van der Waals surface area contributed by atoms with Crippen LogP contribution in [0.25, 0.3) is 0 Å². The second kappa shape index (κ2) is 9.06. The zero-order chi connectivity index (χ0) is 19.3. The molecule has 0 heterocycles. The number of rotatable bonds is 6. The van der Waals surface area contributed by atoms with Crippen molar-refractivity contribution in [2.24, 2.45) is 0 Å². The molecule has 0 fully saturated rings. The Bertz CT molecular complexity index is 788. The van der Waals surface area contributed by atoms with E-state index in [1.165, 1.54) is 4.90 Å². The first-order chi connectivity index (χ1) is 12.3. The van der Waals surface area contributed by atoms with E-state index in [9.17, 15) is 9.59 Å². The molecule has 0 radical (unpaired) electrons. The lowest BCUT2D eigenvalue weighted by Crippen LogP contribution is -2.47. The number of amides is 2. The lowest BCUT2D eigenvalue weighted by Gasteiger charge is -2.29. The molecule has 0 aliphatic rings. The van der Waals surface area contributed by atoms with Crippen LogP contribution in [0.5, 0.6) is 0 Å². The standard InChI is InChI=1S/C20H22Cl2N2O2/c1-13-7-4-5-8-15(13)11-19(25)24(14(2)20(26)23-3)12-16-17(21)9-6-10-18(16)22/h4-10,14H,11-12H2,1-3H3,(H,23,26). The van der Waals surface area contributed by atoms with Crippen LogP contribution in [0.1, 0.15) is 23.6 Å². The van der Waals surface area contributed by atoms with Gasteiger partial charge in [-0.1, -0.05) is 53.5 Å². The zero-order valence-corrected chi connectivity index (χ0v) is 16.6. The molecule has 26 heavy (non-hydrogen) atoms. The maximum atomic E-state index is 13.0. The molecule has 0 spiro atoms. The average Bonchev–Trinajstić information content (AvgIpc) is 2.62. The number of nitrogens with one attached hydrogen (secondary N) is 1. The van der Waals surface area contributed by atoms with E-state index in [-0.39, 0.29) is 24.8 Å². The van der Waals surface area contributed by atoms with Gasteiger partial charge in [-0.3, -0.25) is 9.59 Å². The number of likely N-dealkylation sites (N-methyl/N-ethyl adjacent to an activating group) is 1. The Labute approximate surface area is 164 Å². The molecule has 0 saturated heterocycles. The summed E-state index contributed by atoms with van der Waals surface area (Å²) in [6.45, 7) is 3.82. The summed E-state index contributed by atoms with van der Waals surface area (Å²) in [5.74, 6) is -0.405. The van der Waals surface area contributed by atoms with E-state index < -0.39 is 6.04 Å². The topological polar surface area (TPSA) is 49.4 Å². The highest BCUT2D eigenvalue weighted by molar-refractivity contribution is 6.36. The molecule has 0 aromatic heterocycles. The molecule has 0 aliphatic carbocycles. The molecular formula is C20H22Cl2N2O2. The van der Waals surface area contributed by atoms with Gasteiger partial charge in [-0.15, -0.1) is 0 Å². The number of benzene rings is 2. The Morgan fingerprint density at radius 1 is 1.08 bits per heavy atom. The molecule has 0 bridgehead atoms. The van der Waals surface area contributed by atoms with Gasteiger partial charge in [0, 0.05) is 29.2 Å². The number of hydrogen-bond donors (Lipinski definition) is 1. The van der Waals surface area contributed by atoms with Crippen molar-refractivity contribution in [3.63, 3.8) is 0 Å². The summed E-state index contributed by atoms with van der Waals surface area (Å²) in [4.78, 5) is 26.7. The van der Waals surface area contributed by atoms with Crippen LogP contribution < -0.4 is 5.32 Å². The Morgan fingerprint density at radius 2 is 1.69 bits per heavy atom. The molecule has 1 unspecified atom stereocenters. The van der Waals surface area contributed by atoms with Gasteiger partial charge < -0.3 is 10.2 Å². The van der Waals surface area contributed by atoms with Gasteiger partial charge in [-0.05, 0) is 37.1 Å². The van der Waals surface area contributed by atoms with Crippen LogP contribution in [-0.4, -0.2) is 29.8 Å². The minimum Gasteiger partial charge on any atom is -0.357 e. The van der Waals surface area contributed by atoms with Crippen molar-refractivity contribution in [2.45, 2.75) is 32.9 Å². The van der Waals surface area contributed by atoms with E-state index in [1.54, 1.807) is 32.2 Å². The minimum atomic E-state index is -0.649. The SMILES string of the molecule is CNC(=O)C(C)N(Cc1c(Cl)cccc1Cl)C(=O)Cc1ccccc1C. The van der Waals surface area contributed by atoms with Crippen molar-refractivity contribution < 1.29 is 9.59 Å². The number of hydrogen-bond acceptors (Lipinski definition) is 2. The Morgan fingerprint density at radius 3 is 2.27 bits per heavy atom. The third kappa shape index (κ3) is 4.77. The van der Waals surface area contributed by atoms with Crippen LogP contribution in [0, 0.1) is 6.92 Å². The molecule has 2 rings (SSSR count). The summed E-state index contributed by atoms with van der Waals surface area (Å²) in [7, 11) is 1.55. The van der Waals surface area contributed by atoms with Crippen molar-refractivity contribution in [3.05, 3.63) is 69.2 Å². The molecule has 138 valence electrons. The van der Waals surface area contributed by atoms with Gasteiger partial charge in [0.25, 0.3) is 0 Å². The quantitative estimate of drug-likeness (QED) is 0.806. The third-order valence-electron chi connectivity index (χ3n) is 4.41. The third-order valence-corrected chi connectivity index (χ3v) is 5.11. The Hall–Kier alpha value is -2.04. The maximum Gasteiger partial charge on any atom is 0.242 e. The summed E-state index contributed by atoms with van der Waals surface area (Å²) >= 11 is 12.5. The fourth-order valence-electron chi connectivity index (χ4n) is 2.72. The Kier molecular flexibility index (Phi) is 7.06. The Balaban J connectivity index is 2.33. The lowest BCUT2D eigenvalue weighted by molar-refractivity contribution is -0.139. The molecule has 2 aromatic rings.